The minimum atomic E-state index is -0.421. The number of rotatable bonds is 1. The number of hydrogen-bond donors (Lipinski definition) is 1. The van der Waals surface area contributed by atoms with Crippen molar-refractivity contribution in [1.29, 1.82) is 0 Å². The van der Waals surface area contributed by atoms with E-state index in [9.17, 15) is 4.79 Å². The maximum Gasteiger partial charge on any atom is 0.434 e. The first-order valence-electron chi connectivity index (χ1n) is 5.05. The number of carbonyl (C=O) groups is 1. The Kier molecular flexibility index (Phi) is 2.88. The molecule has 2 heterocycles. The second kappa shape index (κ2) is 4.14. The highest BCUT2D eigenvalue weighted by Gasteiger charge is 2.36. The fraction of sp³-hybridized carbons (Fsp3) is 0.889. The van der Waals surface area contributed by atoms with Gasteiger partial charge in [-0.1, -0.05) is 12.8 Å². The van der Waals surface area contributed by atoms with Gasteiger partial charge in [0.25, 0.3) is 0 Å². The zero-order chi connectivity index (χ0) is 9.97. The van der Waals surface area contributed by atoms with Crippen molar-refractivity contribution in [2.45, 2.75) is 37.8 Å². The quantitative estimate of drug-likeness (QED) is 0.677. The maximum atomic E-state index is 11.2. The van der Waals surface area contributed by atoms with E-state index >= 15 is 0 Å². The number of cyclic esters (lactones) is 1. The average molecular weight is 201 g/mol. The predicted molar refractivity (Wildman–Crippen MR) is 47.4 cm³/mol. The Morgan fingerprint density at radius 2 is 2.21 bits per heavy atom. The molecule has 0 aliphatic carbocycles. The SMILES string of the molecule is O=C1OC[C@H]2CCCC[C@@H](CO)ON12. The monoisotopic (exact) mass is 201 g/mol. The van der Waals surface area contributed by atoms with Gasteiger partial charge < -0.3 is 9.84 Å². The van der Waals surface area contributed by atoms with E-state index in [0.717, 1.165) is 25.7 Å². The number of hydrogen-bond acceptors (Lipinski definition) is 4. The van der Waals surface area contributed by atoms with Gasteiger partial charge in [-0.2, -0.15) is 5.06 Å². The van der Waals surface area contributed by atoms with Gasteiger partial charge in [0, 0.05) is 0 Å². The molecule has 2 saturated heterocycles. The fourth-order valence-corrected chi connectivity index (χ4v) is 1.87. The summed E-state index contributed by atoms with van der Waals surface area (Å²) in [6, 6.07) is 0.0387. The molecule has 5 heteroatoms. The second-order valence-corrected chi connectivity index (χ2v) is 3.75. The van der Waals surface area contributed by atoms with E-state index in [4.69, 9.17) is 14.7 Å². The highest BCUT2D eigenvalue weighted by atomic mass is 16.8. The lowest BCUT2D eigenvalue weighted by molar-refractivity contribution is -0.190. The van der Waals surface area contributed by atoms with Gasteiger partial charge in [0.1, 0.15) is 12.7 Å². The van der Waals surface area contributed by atoms with Gasteiger partial charge in [0.2, 0.25) is 0 Å². The number of fused-ring (bicyclic) bond motifs is 1. The molecule has 2 aliphatic rings. The van der Waals surface area contributed by atoms with E-state index in [1.54, 1.807) is 0 Å². The zero-order valence-electron chi connectivity index (χ0n) is 8.02. The molecule has 80 valence electrons. The standard InChI is InChI=1S/C9H15NO4/c11-5-8-4-2-1-3-7-6-13-9(12)10(7)14-8/h7-8,11H,1-6H2/t7-,8+/m1/s1. The molecule has 2 fully saturated rings. The third-order valence-corrected chi connectivity index (χ3v) is 2.69. The van der Waals surface area contributed by atoms with Crippen LogP contribution in [0.1, 0.15) is 25.7 Å². The summed E-state index contributed by atoms with van der Waals surface area (Å²) in [4.78, 5) is 16.6. The summed E-state index contributed by atoms with van der Waals surface area (Å²) in [5.74, 6) is 0. The highest BCUT2D eigenvalue weighted by Crippen LogP contribution is 2.23. The molecule has 0 unspecified atom stereocenters. The van der Waals surface area contributed by atoms with Crippen LogP contribution in [0.3, 0.4) is 0 Å². The molecule has 0 aromatic heterocycles. The molecular weight excluding hydrogens is 186 g/mol. The smallest absolute Gasteiger partial charge is 0.434 e. The lowest BCUT2D eigenvalue weighted by Gasteiger charge is -2.27. The third kappa shape index (κ3) is 1.83. The second-order valence-electron chi connectivity index (χ2n) is 3.75. The summed E-state index contributed by atoms with van der Waals surface area (Å²) in [7, 11) is 0. The number of aliphatic hydroxyl groups is 1. The first kappa shape index (κ1) is 9.73. The van der Waals surface area contributed by atoms with Crippen molar-refractivity contribution < 1.29 is 19.5 Å². The van der Waals surface area contributed by atoms with E-state index in [0.29, 0.717) is 6.61 Å². The molecule has 0 saturated carbocycles. The van der Waals surface area contributed by atoms with Crippen molar-refractivity contribution in [3.8, 4) is 0 Å². The molecule has 2 aliphatic heterocycles. The molecule has 14 heavy (non-hydrogen) atoms. The molecular formula is C9H15NO4. The summed E-state index contributed by atoms with van der Waals surface area (Å²) < 4.78 is 4.88. The number of amides is 1. The Balaban J connectivity index is 2.02. The van der Waals surface area contributed by atoms with Gasteiger partial charge in [-0.25, -0.2) is 4.79 Å². The summed E-state index contributed by atoms with van der Waals surface area (Å²) in [6.45, 7) is 0.369. The molecule has 0 spiro atoms. The number of carbonyl (C=O) groups excluding carboxylic acids is 1. The van der Waals surface area contributed by atoms with Gasteiger partial charge in [-0.05, 0) is 12.8 Å². The van der Waals surface area contributed by atoms with Gasteiger partial charge in [0.05, 0.1) is 12.6 Å². The predicted octanol–water partition coefficient (Wildman–Crippen LogP) is 0.674. The minimum absolute atomic E-state index is 0.0387. The van der Waals surface area contributed by atoms with Crippen LogP contribution in [0.2, 0.25) is 0 Å². The molecule has 0 aromatic carbocycles. The minimum Gasteiger partial charge on any atom is -0.446 e. The molecule has 5 nitrogen and oxygen atoms in total. The average Bonchev–Trinajstić information content (AvgIpc) is 2.47. The van der Waals surface area contributed by atoms with Crippen LogP contribution in [0.4, 0.5) is 4.79 Å². The topological polar surface area (TPSA) is 59.0 Å². The first-order chi connectivity index (χ1) is 6.81. The number of nitrogens with zero attached hydrogens (tertiary/aromatic N) is 1. The Morgan fingerprint density at radius 3 is 3.00 bits per heavy atom. The number of aliphatic hydroxyl groups excluding tert-OH is 1. The summed E-state index contributed by atoms with van der Waals surface area (Å²) in [6.07, 6.45) is 3.12. The molecule has 2 rings (SSSR count). The lowest BCUT2D eigenvalue weighted by Crippen LogP contribution is -2.39. The Morgan fingerprint density at radius 1 is 1.43 bits per heavy atom. The largest absolute Gasteiger partial charge is 0.446 e. The van der Waals surface area contributed by atoms with Crippen LogP contribution >= 0.6 is 0 Å². The van der Waals surface area contributed by atoms with Crippen molar-refractivity contribution >= 4 is 6.09 Å². The third-order valence-electron chi connectivity index (χ3n) is 2.69. The fourth-order valence-electron chi connectivity index (χ4n) is 1.87. The molecule has 1 amide bonds. The number of ether oxygens (including phenoxy) is 1. The number of hydroxylamine groups is 2. The van der Waals surface area contributed by atoms with Gasteiger partial charge in [-0.3, -0.25) is 4.84 Å². The van der Waals surface area contributed by atoms with Gasteiger partial charge in [0.15, 0.2) is 0 Å². The highest BCUT2D eigenvalue weighted by molar-refractivity contribution is 5.68. The van der Waals surface area contributed by atoms with Crippen molar-refractivity contribution in [1.82, 2.24) is 5.06 Å². The van der Waals surface area contributed by atoms with E-state index < -0.39 is 6.09 Å². The Bertz CT molecular complexity index is 221. The first-order valence-corrected chi connectivity index (χ1v) is 5.05. The molecule has 0 aromatic rings. The normalized spacial score (nSPS) is 33.2. The van der Waals surface area contributed by atoms with Crippen molar-refractivity contribution in [3.05, 3.63) is 0 Å². The summed E-state index contributed by atoms with van der Waals surface area (Å²) in [5, 5.41) is 10.3. The molecule has 0 radical (unpaired) electrons. The van der Waals surface area contributed by atoms with Crippen LogP contribution in [0, 0.1) is 0 Å². The Hall–Kier alpha value is -0.810. The van der Waals surface area contributed by atoms with Crippen LogP contribution in [0.25, 0.3) is 0 Å². The van der Waals surface area contributed by atoms with Crippen molar-refractivity contribution in [2.24, 2.45) is 0 Å². The zero-order valence-corrected chi connectivity index (χ0v) is 8.02. The maximum absolute atomic E-state index is 11.2. The van der Waals surface area contributed by atoms with E-state index in [1.165, 1.54) is 5.06 Å². The molecule has 2 atom stereocenters. The van der Waals surface area contributed by atoms with E-state index in [2.05, 4.69) is 0 Å². The van der Waals surface area contributed by atoms with Gasteiger partial charge in [-0.15, -0.1) is 0 Å². The van der Waals surface area contributed by atoms with Crippen LogP contribution in [-0.2, 0) is 9.57 Å². The van der Waals surface area contributed by atoms with Crippen LogP contribution in [0.15, 0.2) is 0 Å². The molecule has 1 N–H and O–H groups in total. The van der Waals surface area contributed by atoms with Crippen molar-refractivity contribution in [2.75, 3.05) is 13.2 Å². The van der Waals surface area contributed by atoms with E-state index in [1.807, 2.05) is 0 Å². The Labute approximate surface area is 82.5 Å². The summed E-state index contributed by atoms with van der Waals surface area (Å²) >= 11 is 0. The van der Waals surface area contributed by atoms with Gasteiger partial charge >= 0.3 is 6.09 Å². The lowest BCUT2D eigenvalue weighted by atomic mass is 10.1. The van der Waals surface area contributed by atoms with Crippen molar-refractivity contribution in [3.63, 3.8) is 0 Å². The van der Waals surface area contributed by atoms with E-state index in [-0.39, 0.29) is 18.8 Å². The van der Waals surface area contributed by atoms with Crippen LogP contribution in [-0.4, -0.2) is 41.6 Å². The summed E-state index contributed by atoms with van der Waals surface area (Å²) in [5.41, 5.74) is 0. The molecule has 0 bridgehead atoms. The van der Waals surface area contributed by atoms with Crippen LogP contribution in [0.5, 0.6) is 0 Å². The van der Waals surface area contributed by atoms with Crippen LogP contribution < -0.4 is 0 Å².